The number of hydrogen-bond donors (Lipinski definition) is 2. The zero-order chi connectivity index (χ0) is 19.3. The van der Waals surface area contributed by atoms with Crippen molar-refractivity contribution in [1.29, 1.82) is 0 Å². The largest absolute Gasteiger partial charge is 0.352 e. The number of nitrogens with zero attached hydrogens (tertiary/aromatic N) is 1. The van der Waals surface area contributed by atoms with Crippen molar-refractivity contribution < 1.29 is 13.2 Å². The number of nitrogens with two attached hydrogens (primary N) is 1. The van der Waals surface area contributed by atoms with Gasteiger partial charge in [-0.05, 0) is 66.9 Å². The van der Waals surface area contributed by atoms with Crippen molar-refractivity contribution in [2.75, 3.05) is 6.54 Å². The standard InChI is InChI=1S/C20H21N3O3S/c21-27(25,26)19-11-5-16(6-12-19)4-3-13-22-20(24)17-7-9-18(10-8-17)23-14-1-2-15-23/h1-2,5-12,14-15H,3-4,13H2,(H,22,24)(H2,21,25,26). The SMILES string of the molecule is NS(=O)(=O)c1ccc(CCCNC(=O)c2ccc(-n3cccc3)cc2)cc1. The number of benzene rings is 2. The molecular formula is C20H21N3O3S. The molecule has 0 bridgehead atoms. The zero-order valence-electron chi connectivity index (χ0n) is 14.7. The fourth-order valence-corrected chi connectivity index (χ4v) is 3.25. The van der Waals surface area contributed by atoms with Crippen LogP contribution in [0.3, 0.4) is 0 Å². The van der Waals surface area contributed by atoms with E-state index >= 15 is 0 Å². The molecule has 2 aromatic carbocycles. The molecule has 0 atom stereocenters. The molecule has 0 aliphatic heterocycles. The molecule has 27 heavy (non-hydrogen) atoms. The lowest BCUT2D eigenvalue weighted by atomic mass is 10.1. The van der Waals surface area contributed by atoms with Crippen LogP contribution in [-0.2, 0) is 16.4 Å². The third-order valence-electron chi connectivity index (χ3n) is 4.21. The topological polar surface area (TPSA) is 94.2 Å². The van der Waals surface area contributed by atoms with Gasteiger partial charge in [-0.2, -0.15) is 0 Å². The number of hydrogen-bond acceptors (Lipinski definition) is 3. The van der Waals surface area contributed by atoms with E-state index in [1.807, 2.05) is 41.2 Å². The summed E-state index contributed by atoms with van der Waals surface area (Å²) in [4.78, 5) is 12.3. The van der Waals surface area contributed by atoms with Gasteiger partial charge in [0.15, 0.2) is 0 Å². The van der Waals surface area contributed by atoms with E-state index in [1.54, 1.807) is 24.3 Å². The molecule has 7 heteroatoms. The summed E-state index contributed by atoms with van der Waals surface area (Å²) in [5, 5.41) is 7.97. The number of primary sulfonamides is 1. The minimum atomic E-state index is -3.66. The maximum Gasteiger partial charge on any atom is 0.251 e. The number of sulfonamides is 1. The minimum absolute atomic E-state index is 0.0999. The maximum atomic E-state index is 12.2. The molecule has 3 aromatic rings. The monoisotopic (exact) mass is 383 g/mol. The van der Waals surface area contributed by atoms with Crippen LogP contribution in [-0.4, -0.2) is 25.4 Å². The number of nitrogens with one attached hydrogen (secondary N) is 1. The Balaban J connectivity index is 1.47. The van der Waals surface area contributed by atoms with Gasteiger partial charge in [-0.25, -0.2) is 13.6 Å². The lowest BCUT2D eigenvalue weighted by molar-refractivity contribution is 0.0953. The van der Waals surface area contributed by atoms with E-state index in [0.29, 0.717) is 12.1 Å². The molecule has 0 spiro atoms. The summed E-state index contributed by atoms with van der Waals surface area (Å²) >= 11 is 0. The minimum Gasteiger partial charge on any atom is -0.352 e. The molecule has 1 amide bonds. The van der Waals surface area contributed by atoms with Crippen LogP contribution < -0.4 is 10.5 Å². The van der Waals surface area contributed by atoms with Gasteiger partial charge in [0.2, 0.25) is 10.0 Å². The molecule has 3 N–H and O–H groups in total. The highest BCUT2D eigenvalue weighted by Crippen LogP contribution is 2.11. The summed E-state index contributed by atoms with van der Waals surface area (Å²) in [7, 11) is -3.66. The average molecular weight is 383 g/mol. The van der Waals surface area contributed by atoms with Crippen LogP contribution in [0.5, 0.6) is 0 Å². The lowest BCUT2D eigenvalue weighted by Gasteiger charge is -2.07. The first kappa shape index (κ1) is 18.9. The van der Waals surface area contributed by atoms with Crippen molar-refractivity contribution in [2.24, 2.45) is 5.14 Å². The number of carbonyl (C=O) groups excluding carboxylic acids is 1. The zero-order valence-corrected chi connectivity index (χ0v) is 15.5. The molecule has 1 aromatic heterocycles. The number of carbonyl (C=O) groups is 1. The maximum absolute atomic E-state index is 12.2. The molecule has 140 valence electrons. The van der Waals surface area contributed by atoms with Gasteiger partial charge in [0.1, 0.15) is 0 Å². The van der Waals surface area contributed by atoms with Crippen molar-refractivity contribution in [2.45, 2.75) is 17.7 Å². The van der Waals surface area contributed by atoms with E-state index in [1.165, 1.54) is 12.1 Å². The van der Waals surface area contributed by atoms with Crippen molar-refractivity contribution in [1.82, 2.24) is 9.88 Å². The molecule has 0 unspecified atom stereocenters. The van der Waals surface area contributed by atoms with E-state index in [4.69, 9.17) is 5.14 Å². The fraction of sp³-hybridized carbons (Fsp3) is 0.150. The molecule has 1 heterocycles. The third-order valence-corrected chi connectivity index (χ3v) is 5.14. The van der Waals surface area contributed by atoms with Crippen LogP contribution in [0.2, 0.25) is 0 Å². The third kappa shape index (κ3) is 5.06. The van der Waals surface area contributed by atoms with Crippen LogP contribution in [0.1, 0.15) is 22.3 Å². The van der Waals surface area contributed by atoms with E-state index < -0.39 is 10.0 Å². The summed E-state index contributed by atoms with van der Waals surface area (Å²) in [6, 6.07) is 17.8. The van der Waals surface area contributed by atoms with Gasteiger partial charge >= 0.3 is 0 Å². The first-order valence-corrected chi connectivity index (χ1v) is 10.1. The Morgan fingerprint density at radius 1 is 0.963 bits per heavy atom. The molecule has 6 nitrogen and oxygen atoms in total. The average Bonchev–Trinajstić information content (AvgIpc) is 3.20. The van der Waals surface area contributed by atoms with Gasteiger partial charge in [0.25, 0.3) is 5.91 Å². The van der Waals surface area contributed by atoms with Gasteiger partial charge in [-0.3, -0.25) is 4.79 Å². The highest BCUT2D eigenvalue weighted by Gasteiger charge is 2.07. The van der Waals surface area contributed by atoms with Crippen molar-refractivity contribution in [3.05, 3.63) is 84.2 Å². The second-order valence-corrected chi connectivity index (χ2v) is 7.75. The molecule has 0 aliphatic carbocycles. The molecule has 0 saturated heterocycles. The Bertz CT molecular complexity index is 994. The quantitative estimate of drug-likeness (QED) is 0.614. The Morgan fingerprint density at radius 3 is 2.19 bits per heavy atom. The predicted molar refractivity (Wildman–Crippen MR) is 104 cm³/mol. The van der Waals surface area contributed by atoms with Crippen molar-refractivity contribution in [3.63, 3.8) is 0 Å². The predicted octanol–water partition coefficient (Wildman–Crippen LogP) is 2.49. The van der Waals surface area contributed by atoms with Gasteiger partial charge in [0, 0.05) is 30.2 Å². The summed E-state index contributed by atoms with van der Waals surface area (Å²) < 4.78 is 24.4. The number of amides is 1. The molecule has 0 radical (unpaired) electrons. The van der Waals surface area contributed by atoms with E-state index in [2.05, 4.69) is 5.32 Å². The van der Waals surface area contributed by atoms with Gasteiger partial charge < -0.3 is 9.88 Å². The normalized spacial score (nSPS) is 11.3. The van der Waals surface area contributed by atoms with Gasteiger partial charge in [-0.1, -0.05) is 12.1 Å². The molecule has 0 aliphatic rings. The van der Waals surface area contributed by atoms with E-state index in [-0.39, 0.29) is 10.8 Å². The molecular weight excluding hydrogens is 362 g/mol. The Hall–Kier alpha value is -2.90. The van der Waals surface area contributed by atoms with Crippen LogP contribution in [0.4, 0.5) is 0 Å². The van der Waals surface area contributed by atoms with Gasteiger partial charge in [0.05, 0.1) is 4.90 Å². The molecule has 3 rings (SSSR count). The number of rotatable bonds is 7. The Labute approximate surface area is 158 Å². The van der Waals surface area contributed by atoms with Crippen LogP contribution in [0, 0.1) is 0 Å². The second kappa shape index (κ2) is 8.20. The lowest BCUT2D eigenvalue weighted by Crippen LogP contribution is -2.24. The van der Waals surface area contributed by atoms with Crippen LogP contribution in [0.25, 0.3) is 5.69 Å². The first-order valence-electron chi connectivity index (χ1n) is 8.57. The Kier molecular flexibility index (Phi) is 5.73. The number of aromatic nitrogens is 1. The second-order valence-electron chi connectivity index (χ2n) is 6.19. The van der Waals surface area contributed by atoms with Crippen molar-refractivity contribution >= 4 is 15.9 Å². The summed E-state index contributed by atoms with van der Waals surface area (Å²) in [6.45, 7) is 0.537. The smallest absolute Gasteiger partial charge is 0.251 e. The summed E-state index contributed by atoms with van der Waals surface area (Å²) in [6.07, 6.45) is 5.38. The fourth-order valence-electron chi connectivity index (χ4n) is 2.73. The highest BCUT2D eigenvalue weighted by molar-refractivity contribution is 7.89. The summed E-state index contributed by atoms with van der Waals surface area (Å²) in [5.41, 5.74) is 2.61. The van der Waals surface area contributed by atoms with Crippen molar-refractivity contribution in [3.8, 4) is 5.69 Å². The van der Waals surface area contributed by atoms with Gasteiger partial charge in [-0.15, -0.1) is 0 Å². The first-order chi connectivity index (χ1) is 12.9. The van der Waals surface area contributed by atoms with Crippen LogP contribution in [0.15, 0.2) is 78.0 Å². The van der Waals surface area contributed by atoms with E-state index in [0.717, 1.165) is 24.1 Å². The van der Waals surface area contributed by atoms with Crippen LogP contribution >= 0.6 is 0 Å². The molecule has 0 fully saturated rings. The summed E-state index contributed by atoms with van der Waals surface area (Å²) in [5.74, 6) is -0.112. The number of aryl methyl sites for hydroxylation is 1. The Morgan fingerprint density at radius 2 is 1.59 bits per heavy atom. The van der Waals surface area contributed by atoms with E-state index in [9.17, 15) is 13.2 Å². The molecule has 0 saturated carbocycles. The highest BCUT2D eigenvalue weighted by atomic mass is 32.2.